The van der Waals surface area contributed by atoms with Crippen molar-refractivity contribution in [3.8, 4) is 0 Å². The molecule has 2 aromatic rings. The van der Waals surface area contributed by atoms with Gasteiger partial charge in [0.15, 0.2) is 0 Å². The van der Waals surface area contributed by atoms with Crippen molar-refractivity contribution in [1.29, 1.82) is 0 Å². The Kier molecular flexibility index (Phi) is 11.5. The van der Waals surface area contributed by atoms with Gasteiger partial charge in [-0.05, 0) is 24.6 Å². The number of carbonyl (C=O) groups is 2. The molecule has 1 aromatic carbocycles. The number of aryl methyl sites for hydroxylation is 2. The first-order valence-electron chi connectivity index (χ1n) is 12.2. The molecular weight excluding hydrogens is 507 g/mol. The van der Waals surface area contributed by atoms with E-state index < -0.39 is 12.0 Å². The highest BCUT2D eigenvalue weighted by Gasteiger charge is 2.18. The summed E-state index contributed by atoms with van der Waals surface area (Å²) >= 11 is 11.9. The molecule has 200 valence electrons. The summed E-state index contributed by atoms with van der Waals surface area (Å²) in [5, 5.41) is 2.57. The lowest BCUT2D eigenvalue weighted by molar-refractivity contribution is -0.144. The van der Waals surface area contributed by atoms with Gasteiger partial charge in [0, 0.05) is 63.6 Å². The van der Waals surface area contributed by atoms with Crippen LogP contribution < -0.4 is 16.0 Å². The van der Waals surface area contributed by atoms with Gasteiger partial charge < -0.3 is 30.0 Å². The molecule has 3 rings (SSSR count). The number of hydrogen-bond acceptors (Lipinski definition) is 8. The van der Waals surface area contributed by atoms with Crippen LogP contribution in [0.5, 0.6) is 0 Å². The van der Waals surface area contributed by atoms with Crippen LogP contribution in [0.4, 0.5) is 5.69 Å². The van der Waals surface area contributed by atoms with Crippen molar-refractivity contribution in [1.82, 2.24) is 19.8 Å². The number of carbonyl (C=O) groups excluding carboxylic acids is 2. The average molecular weight is 543 g/mol. The van der Waals surface area contributed by atoms with E-state index in [-0.39, 0.29) is 19.1 Å². The predicted molar refractivity (Wildman–Crippen MR) is 142 cm³/mol. The van der Waals surface area contributed by atoms with Crippen molar-refractivity contribution in [2.75, 3.05) is 75.7 Å². The zero-order valence-electron chi connectivity index (χ0n) is 20.8. The van der Waals surface area contributed by atoms with E-state index in [4.69, 9.17) is 43.4 Å². The van der Waals surface area contributed by atoms with Crippen molar-refractivity contribution >= 4 is 51.8 Å². The van der Waals surface area contributed by atoms with E-state index in [2.05, 4.69) is 15.1 Å². The lowest BCUT2D eigenvalue weighted by Gasteiger charge is -2.26. The van der Waals surface area contributed by atoms with E-state index in [0.717, 1.165) is 35.6 Å². The van der Waals surface area contributed by atoms with Crippen molar-refractivity contribution in [3.63, 3.8) is 0 Å². The highest BCUT2D eigenvalue weighted by Crippen LogP contribution is 2.23. The summed E-state index contributed by atoms with van der Waals surface area (Å²) in [7, 11) is 1.94. The van der Waals surface area contributed by atoms with Crippen LogP contribution in [0, 0.1) is 0 Å². The van der Waals surface area contributed by atoms with E-state index >= 15 is 0 Å². The first kappa shape index (κ1) is 28.5. The van der Waals surface area contributed by atoms with E-state index in [1.807, 2.05) is 29.8 Å². The summed E-state index contributed by atoms with van der Waals surface area (Å²) < 4.78 is 12.5. The molecule has 1 aliphatic heterocycles. The maximum Gasteiger partial charge on any atom is 0.325 e. The Balaban J connectivity index is 1.45. The zero-order valence-corrected chi connectivity index (χ0v) is 22.3. The quantitative estimate of drug-likeness (QED) is 0.269. The van der Waals surface area contributed by atoms with Crippen LogP contribution in [0.3, 0.4) is 0 Å². The standard InChI is InChI=1S/C24H36Cl2N6O4/c1-30-21-4-2-18(32(8-6-25)9-7-26)16-20(21)29-22(30)5-3-19(27)24(34)28-17-23(33)36-15-12-31-10-13-35-14-11-31/h2,4,16,19H,3,5-15,17,27H2,1H3,(H,28,34). The van der Waals surface area contributed by atoms with Crippen LogP contribution in [0.15, 0.2) is 18.2 Å². The number of fused-ring (bicyclic) bond motifs is 1. The molecule has 0 aliphatic carbocycles. The topological polar surface area (TPSA) is 115 Å². The number of aromatic nitrogens is 2. The minimum Gasteiger partial charge on any atom is -0.463 e. The molecule has 1 aromatic heterocycles. The first-order chi connectivity index (χ1) is 17.4. The van der Waals surface area contributed by atoms with Crippen LogP contribution >= 0.6 is 23.2 Å². The third-order valence-corrected chi connectivity index (χ3v) is 6.57. The van der Waals surface area contributed by atoms with E-state index in [9.17, 15) is 9.59 Å². The molecule has 1 aliphatic rings. The van der Waals surface area contributed by atoms with Gasteiger partial charge in [-0.3, -0.25) is 14.5 Å². The lowest BCUT2D eigenvalue weighted by atomic mass is 10.1. The van der Waals surface area contributed by atoms with Gasteiger partial charge in [0.1, 0.15) is 19.0 Å². The van der Waals surface area contributed by atoms with Crippen molar-refractivity contribution in [3.05, 3.63) is 24.0 Å². The van der Waals surface area contributed by atoms with E-state index in [0.29, 0.717) is 57.4 Å². The molecule has 2 heterocycles. The van der Waals surface area contributed by atoms with Gasteiger partial charge in [-0.2, -0.15) is 0 Å². The Morgan fingerprint density at radius 2 is 1.97 bits per heavy atom. The van der Waals surface area contributed by atoms with Gasteiger partial charge in [-0.1, -0.05) is 0 Å². The summed E-state index contributed by atoms with van der Waals surface area (Å²) in [6.07, 6.45) is 0.915. The van der Waals surface area contributed by atoms with Gasteiger partial charge in [0.05, 0.1) is 30.3 Å². The number of esters is 1. The fourth-order valence-corrected chi connectivity index (χ4v) is 4.51. The summed E-state index contributed by atoms with van der Waals surface area (Å²) in [6.45, 7) is 5.18. The number of nitrogens with one attached hydrogen (secondary N) is 1. The molecule has 10 nitrogen and oxygen atoms in total. The monoisotopic (exact) mass is 542 g/mol. The van der Waals surface area contributed by atoms with Gasteiger partial charge in [0.25, 0.3) is 0 Å². The number of rotatable bonds is 14. The Hall–Kier alpha value is -2.11. The Morgan fingerprint density at radius 1 is 1.25 bits per heavy atom. The largest absolute Gasteiger partial charge is 0.463 e. The normalized spacial score (nSPS) is 15.1. The van der Waals surface area contributed by atoms with Crippen LogP contribution in [-0.2, 0) is 32.5 Å². The third kappa shape index (κ3) is 8.21. The fraction of sp³-hybridized carbons (Fsp3) is 0.625. The Morgan fingerprint density at radius 3 is 2.67 bits per heavy atom. The second-order valence-electron chi connectivity index (χ2n) is 8.66. The number of halogens is 2. The number of ether oxygens (including phenoxy) is 2. The zero-order chi connectivity index (χ0) is 25.9. The fourth-order valence-electron chi connectivity index (χ4n) is 4.10. The highest BCUT2D eigenvalue weighted by molar-refractivity contribution is 6.18. The second-order valence-corrected chi connectivity index (χ2v) is 9.42. The molecule has 0 bridgehead atoms. The molecular formula is C24H36Cl2N6O4. The van der Waals surface area contributed by atoms with Gasteiger partial charge >= 0.3 is 5.97 Å². The molecule has 0 saturated carbocycles. The van der Waals surface area contributed by atoms with E-state index in [1.165, 1.54) is 0 Å². The van der Waals surface area contributed by atoms with Crippen molar-refractivity contribution in [2.45, 2.75) is 18.9 Å². The second kappa shape index (κ2) is 14.6. The van der Waals surface area contributed by atoms with Gasteiger partial charge in [-0.25, -0.2) is 4.98 Å². The molecule has 12 heteroatoms. The number of benzene rings is 1. The van der Waals surface area contributed by atoms with Gasteiger partial charge in [0.2, 0.25) is 5.91 Å². The number of anilines is 1. The van der Waals surface area contributed by atoms with Crippen LogP contribution in [0.2, 0.25) is 0 Å². The lowest BCUT2D eigenvalue weighted by Crippen LogP contribution is -2.43. The SMILES string of the molecule is Cn1c(CCC(N)C(=O)NCC(=O)OCCN2CCOCC2)nc2cc(N(CCCl)CCCl)ccc21. The van der Waals surface area contributed by atoms with Crippen molar-refractivity contribution < 1.29 is 19.1 Å². The summed E-state index contributed by atoms with van der Waals surface area (Å²) in [5.41, 5.74) is 8.94. The molecule has 1 atom stereocenters. The number of morpholine rings is 1. The number of nitrogens with zero attached hydrogens (tertiary/aromatic N) is 4. The molecule has 0 spiro atoms. The molecule has 36 heavy (non-hydrogen) atoms. The van der Waals surface area contributed by atoms with Crippen LogP contribution in [0.1, 0.15) is 12.2 Å². The van der Waals surface area contributed by atoms with Crippen molar-refractivity contribution in [2.24, 2.45) is 12.8 Å². The molecule has 1 saturated heterocycles. The minimum absolute atomic E-state index is 0.203. The van der Waals surface area contributed by atoms with Gasteiger partial charge in [-0.15, -0.1) is 23.2 Å². The third-order valence-electron chi connectivity index (χ3n) is 6.23. The average Bonchev–Trinajstić information content (AvgIpc) is 3.20. The van der Waals surface area contributed by atoms with Crippen LogP contribution in [0.25, 0.3) is 11.0 Å². The Bertz CT molecular complexity index is 992. The smallest absolute Gasteiger partial charge is 0.325 e. The first-order valence-corrected chi connectivity index (χ1v) is 13.3. The molecule has 1 unspecified atom stereocenters. The number of hydrogen-bond donors (Lipinski definition) is 2. The van der Waals surface area contributed by atoms with Crippen LogP contribution in [-0.4, -0.2) is 103 Å². The molecule has 1 amide bonds. The molecule has 1 fully saturated rings. The molecule has 0 radical (unpaired) electrons. The number of imidazole rings is 1. The Labute approximate surface area is 222 Å². The maximum atomic E-state index is 12.4. The highest BCUT2D eigenvalue weighted by atomic mass is 35.5. The number of nitrogens with two attached hydrogens (primary N) is 1. The summed E-state index contributed by atoms with van der Waals surface area (Å²) in [4.78, 5) is 33.4. The number of alkyl halides is 2. The number of amides is 1. The molecule has 3 N–H and O–H groups in total. The van der Waals surface area contributed by atoms with E-state index in [1.54, 1.807) is 0 Å². The summed E-state index contributed by atoms with van der Waals surface area (Å²) in [6, 6.07) is 5.32. The summed E-state index contributed by atoms with van der Waals surface area (Å²) in [5.74, 6) is 0.976. The predicted octanol–water partition coefficient (Wildman–Crippen LogP) is 1.11. The minimum atomic E-state index is -0.760. The maximum absolute atomic E-state index is 12.4.